The predicted molar refractivity (Wildman–Crippen MR) is 102 cm³/mol. The zero-order valence-corrected chi connectivity index (χ0v) is 15.1. The molecule has 0 unspecified atom stereocenters. The van der Waals surface area contributed by atoms with Gasteiger partial charge in [-0.3, -0.25) is 0 Å². The van der Waals surface area contributed by atoms with Crippen molar-refractivity contribution in [2.75, 3.05) is 0 Å². The van der Waals surface area contributed by atoms with Crippen molar-refractivity contribution in [2.45, 2.75) is 26.9 Å². The van der Waals surface area contributed by atoms with Crippen molar-refractivity contribution < 1.29 is 4.39 Å². The Kier molecular flexibility index (Phi) is 4.21. The fourth-order valence-corrected chi connectivity index (χ4v) is 3.40. The Morgan fingerprint density at radius 2 is 2.00 bits per heavy atom. The molecule has 0 amide bonds. The molecular formula is C21H18FN5. The van der Waals surface area contributed by atoms with Crippen molar-refractivity contribution in [1.29, 1.82) is 5.26 Å². The largest absolute Gasteiger partial charge is 0.327 e. The minimum absolute atomic E-state index is 0.287. The summed E-state index contributed by atoms with van der Waals surface area (Å²) in [5, 5.41) is 9.13. The Bertz CT molecular complexity index is 1180. The molecule has 0 N–H and O–H groups in total. The van der Waals surface area contributed by atoms with Crippen LogP contribution in [0.25, 0.3) is 22.4 Å². The van der Waals surface area contributed by atoms with Gasteiger partial charge in [-0.25, -0.2) is 14.4 Å². The van der Waals surface area contributed by atoms with E-state index in [-0.39, 0.29) is 5.82 Å². The Morgan fingerprint density at radius 1 is 1.15 bits per heavy atom. The van der Waals surface area contributed by atoms with Crippen LogP contribution in [0.1, 0.15) is 24.0 Å². The van der Waals surface area contributed by atoms with Crippen LogP contribution in [-0.4, -0.2) is 19.1 Å². The maximum atomic E-state index is 13.7. The molecule has 2 aromatic carbocycles. The van der Waals surface area contributed by atoms with E-state index in [2.05, 4.69) is 22.5 Å². The van der Waals surface area contributed by atoms with Crippen molar-refractivity contribution in [2.24, 2.45) is 0 Å². The topological polar surface area (TPSA) is 59.4 Å². The minimum Gasteiger partial charge on any atom is -0.327 e. The van der Waals surface area contributed by atoms with Crippen LogP contribution in [0, 0.1) is 24.1 Å². The number of hydrogen-bond donors (Lipinski definition) is 0. The molecule has 6 heteroatoms. The van der Waals surface area contributed by atoms with Crippen molar-refractivity contribution in [3.8, 4) is 17.5 Å². The van der Waals surface area contributed by atoms with Crippen LogP contribution in [0.2, 0.25) is 0 Å². The lowest BCUT2D eigenvalue weighted by atomic mass is 10.2. The number of fused-ring (bicyclic) bond motifs is 1. The average Bonchev–Trinajstić information content (AvgIpc) is 3.20. The Hall–Kier alpha value is -3.46. The number of aromatic nitrogens is 4. The van der Waals surface area contributed by atoms with Gasteiger partial charge in [-0.15, -0.1) is 0 Å². The fourth-order valence-electron chi connectivity index (χ4n) is 3.40. The van der Waals surface area contributed by atoms with E-state index in [1.165, 1.54) is 12.1 Å². The van der Waals surface area contributed by atoms with E-state index < -0.39 is 0 Å². The third-order valence-corrected chi connectivity index (χ3v) is 4.56. The number of halogens is 1. The number of nitrogens with zero attached hydrogens (tertiary/aromatic N) is 5. The van der Waals surface area contributed by atoms with E-state index >= 15 is 0 Å². The number of hydrogen-bond acceptors (Lipinski definition) is 3. The summed E-state index contributed by atoms with van der Waals surface area (Å²) in [7, 11) is 0. The zero-order valence-electron chi connectivity index (χ0n) is 15.1. The van der Waals surface area contributed by atoms with Gasteiger partial charge in [0.15, 0.2) is 0 Å². The summed E-state index contributed by atoms with van der Waals surface area (Å²) >= 11 is 0. The van der Waals surface area contributed by atoms with Gasteiger partial charge >= 0.3 is 0 Å². The van der Waals surface area contributed by atoms with Crippen molar-refractivity contribution in [1.82, 2.24) is 19.1 Å². The first-order valence-electron chi connectivity index (χ1n) is 8.78. The van der Waals surface area contributed by atoms with Crippen molar-refractivity contribution >= 4 is 11.0 Å². The second kappa shape index (κ2) is 6.69. The third kappa shape index (κ3) is 3.08. The normalized spacial score (nSPS) is 11.0. The number of aryl methyl sites for hydroxylation is 2. The first kappa shape index (κ1) is 17.0. The highest BCUT2D eigenvalue weighted by Crippen LogP contribution is 2.23. The highest BCUT2D eigenvalue weighted by molar-refractivity contribution is 5.77. The van der Waals surface area contributed by atoms with Crippen LogP contribution < -0.4 is 0 Å². The molecule has 0 bridgehead atoms. The molecule has 4 aromatic rings. The molecule has 27 heavy (non-hydrogen) atoms. The summed E-state index contributed by atoms with van der Waals surface area (Å²) in [5.41, 5.74) is 3.98. The first-order valence-corrected chi connectivity index (χ1v) is 8.78. The molecule has 0 aliphatic rings. The summed E-state index contributed by atoms with van der Waals surface area (Å²) in [4.78, 5) is 9.31. The van der Waals surface area contributed by atoms with E-state index in [1.807, 2.05) is 29.8 Å². The van der Waals surface area contributed by atoms with Crippen LogP contribution in [0.15, 0.2) is 48.7 Å². The average molecular weight is 359 g/mol. The van der Waals surface area contributed by atoms with Crippen molar-refractivity contribution in [3.05, 3.63) is 71.6 Å². The van der Waals surface area contributed by atoms with Gasteiger partial charge in [0.1, 0.15) is 17.5 Å². The fraction of sp³-hybridized carbons (Fsp3) is 0.190. The molecule has 4 rings (SSSR count). The second-order valence-electron chi connectivity index (χ2n) is 6.43. The van der Waals surface area contributed by atoms with E-state index in [0.717, 1.165) is 34.7 Å². The molecule has 0 aliphatic carbocycles. The third-order valence-electron chi connectivity index (χ3n) is 4.56. The molecule has 0 radical (unpaired) electrons. The quantitative estimate of drug-likeness (QED) is 0.546. The Morgan fingerprint density at radius 3 is 2.74 bits per heavy atom. The molecule has 0 fully saturated rings. The zero-order chi connectivity index (χ0) is 19.0. The molecule has 2 heterocycles. The number of benzene rings is 2. The van der Waals surface area contributed by atoms with E-state index in [9.17, 15) is 4.39 Å². The van der Waals surface area contributed by atoms with Gasteiger partial charge in [0.25, 0.3) is 0 Å². The molecule has 2 aromatic heterocycles. The monoisotopic (exact) mass is 359 g/mol. The van der Waals surface area contributed by atoms with Crippen LogP contribution in [-0.2, 0) is 13.1 Å². The summed E-state index contributed by atoms with van der Waals surface area (Å²) < 4.78 is 17.8. The number of nitriles is 1. The molecule has 0 spiro atoms. The van der Waals surface area contributed by atoms with E-state index in [0.29, 0.717) is 17.9 Å². The Labute approximate surface area is 156 Å². The van der Waals surface area contributed by atoms with Crippen LogP contribution in [0.3, 0.4) is 0 Å². The predicted octanol–water partition coefficient (Wildman–Crippen LogP) is 4.29. The van der Waals surface area contributed by atoms with Gasteiger partial charge in [0, 0.05) is 18.3 Å². The van der Waals surface area contributed by atoms with Crippen molar-refractivity contribution in [3.63, 3.8) is 0 Å². The number of rotatable bonds is 4. The minimum atomic E-state index is -0.287. The van der Waals surface area contributed by atoms with Crippen LogP contribution >= 0.6 is 0 Å². The van der Waals surface area contributed by atoms with Gasteiger partial charge in [0.2, 0.25) is 0 Å². The highest BCUT2D eigenvalue weighted by atomic mass is 19.1. The molecular weight excluding hydrogens is 341 g/mol. The maximum Gasteiger partial charge on any atom is 0.140 e. The molecule has 0 aliphatic heterocycles. The molecule has 0 atom stereocenters. The highest BCUT2D eigenvalue weighted by Gasteiger charge is 2.15. The van der Waals surface area contributed by atoms with Gasteiger partial charge < -0.3 is 9.13 Å². The first-order chi connectivity index (χ1) is 13.1. The summed E-state index contributed by atoms with van der Waals surface area (Å²) in [6.45, 7) is 5.26. The standard InChI is InChI=1S/C21H18FN5/c1-3-27-19-8-7-15(11-23)9-18(19)25-20(27)13-26-12-14(2)24-21(26)16-5-4-6-17(22)10-16/h4-10,12H,3,13H2,1-2H3. The smallest absolute Gasteiger partial charge is 0.140 e. The summed E-state index contributed by atoms with van der Waals surface area (Å²) in [6.07, 6.45) is 1.94. The lowest BCUT2D eigenvalue weighted by Gasteiger charge is -2.10. The van der Waals surface area contributed by atoms with Gasteiger partial charge in [-0.1, -0.05) is 12.1 Å². The number of imidazole rings is 2. The summed E-state index contributed by atoms with van der Waals surface area (Å²) in [6, 6.07) is 14.1. The van der Waals surface area contributed by atoms with E-state index in [1.54, 1.807) is 18.2 Å². The van der Waals surface area contributed by atoms with Gasteiger partial charge in [0.05, 0.1) is 34.9 Å². The lowest BCUT2D eigenvalue weighted by Crippen LogP contribution is -2.08. The maximum absolute atomic E-state index is 13.7. The molecule has 0 saturated heterocycles. The lowest BCUT2D eigenvalue weighted by molar-refractivity contribution is 0.627. The summed E-state index contributed by atoms with van der Waals surface area (Å²) in [5.74, 6) is 1.29. The SMILES string of the molecule is CCn1c(Cn2cc(C)nc2-c2cccc(F)c2)nc2cc(C#N)ccc21. The molecule has 0 saturated carbocycles. The van der Waals surface area contributed by atoms with Crippen LogP contribution in [0.5, 0.6) is 0 Å². The van der Waals surface area contributed by atoms with E-state index in [4.69, 9.17) is 10.2 Å². The Balaban J connectivity index is 1.80. The van der Waals surface area contributed by atoms with Crippen LogP contribution in [0.4, 0.5) is 4.39 Å². The second-order valence-corrected chi connectivity index (χ2v) is 6.43. The molecule has 5 nitrogen and oxygen atoms in total. The molecule has 134 valence electrons. The van der Waals surface area contributed by atoms with Gasteiger partial charge in [-0.05, 0) is 44.2 Å². The van der Waals surface area contributed by atoms with Gasteiger partial charge in [-0.2, -0.15) is 5.26 Å².